The minimum atomic E-state index is -0.307. The van der Waals surface area contributed by atoms with Crippen LogP contribution in [0.25, 0.3) is 10.9 Å². The number of fused-ring (bicyclic) bond motifs is 1. The SMILES string of the molecule is COc1cc(NC(=O)c2n[nH]c3ccc(C)cc23)ccc1N1CCCC1=O. The number of hydrogen-bond acceptors (Lipinski definition) is 4. The molecule has 0 bridgehead atoms. The Bertz CT molecular complexity index is 1040. The summed E-state index contributed by atoms with van der Waals surface area (Å²) in [5.74, 6) is 0.327. The lowest BCUT2D eigenvalue weighted by molar-refractivity contribution is -0.117. The molecule has 1 aliphatic heterocycles. The Morgan fingerprint density at radius 3 is 2.85 bits per heavy atom. The number of rotatable bonds is 4. The lowest BCUT2D eigenvalue weighted by Crippen LogP contribution is -2.24. The maximum absolute atomic E-state index is 12.7. The van der Waals surface area contributed by atoms with Crippen LogP contribution in [0, 0.1) is 6.92 Å². The van der Waals surface area contributed by atoms with Crippen molar-refractivity contribution in [2.75, 3.05) is 23.9 Å². The van der Waals surface area contributed by atoms with E-state index in [1.165, 1.54) is 0 Å². The molecule has 1 saturated heterocycles. The summed E-state index contributed by atoms with van der Waals surface area (Å²) in [6.45, 7) is 2.65. The zero-order chi connectivity index (χ0) is 19.0. The van der Waals surface area contributed by atoms with Crippen molar-refractivity contribution in [2.45, 2.75) is 19.8 Å². The van der Waals surface area contributed by atoms with Crippen LogP contribution in [0.15, 0.2) is 36.4 Å². The maximum atomic E-state index is 12.7. The molecule has 0 spiro atoms. The molecule has 0 saturated carbocycles. The number of carbonyl (C=O) groups is 2. The largest absolute Gasteiger partial charge is 0.494 e. The van der Waals surface area contributed by atoms with E-state index >= 15 is 0 Å². The number of nitrogens with one attached hydrogen (secondary N) is 2. The van der Waals surface area contributed by atoms with Crippen molar-refractivity contribution >= 4 is 34.1 Å². The zero-order valence-electron chi connectivity index (χ0n) is 15.2. The normalized spacial score (nSPS) is 14.0. The molecule has 138 valence electrons. The third-order valence-electron chi connectivity index (χ3n) is 4.74. The van der Waals surface area contributed by atoms with Gasteiger partial charge in [0.05, 0.1) is 18.3 Å². The molecule has 2 heterocycles. The van der Waals surface area contributed by atoms with Gasteiger partial charge in [0.25, 0.3) is 5.91 Å². The minimum absolute atomic E-state index is 0.0865. The molecule has 3 aromatic rings. The molecule has 2 aromatic carbocycles. The van der Waals surface area contributed by atoms with E-state index in [4.69, 9.17) is 4.74 Å². The van der Waals surface area contributed by atoms with E-state index in [9.17, 15) is 9.59 Å². The molecule has 7 heteroatoms. The highest BCUT2D eigenvalue weighted by molar-refractivity contribution is 6.11. The first-order valence-electron chi connectivity index (χ1n) is 8.81. The summed E-state index contributed by atoms with van der Waals surface area (Å²) in [4.78, 5) is 26.4. The van der Waals surface area contributed by atoms with Crippen LogP contribution in [0.5, 0.6) is 5.75 Å². The molecular weight excluding hydrogens is 344 g/mol. The van der Waals surface area contributed by atoms with Gasteiger partial charge in [0.15, 0.2) is 5.69 Å². The number of aryl methyl sites for hydroxylation is 1. The van der Waals surface area contributed by atoms with Crippen LogP contribution >= 0.6 is 0 Å². The fourth-order valence-corrected chi connectivity index (χ4v) is 3.37. The van der Waals surface area contributed by atoms with Gasteiger partial charge in [-0.15, -0.1) is 0 Å². The Morgan fingerprint density at radius 1 is 1.26 bits per heavy atom. The number of anilines is 2. The molecular formula is C20H20N4O3. The Morgan fingerprint density at radius 2 is 2.11 bits per heavy atom. The quantitative estimate of drug-likeness (QED) is 0.744. The van der Waals surface area contributed by atoms with Gasteiger partial charge in [-0.3, -0.25) is 14.7 Å². The number of amides is 2. The first-order valence-corrected chi connectivity index (χ1v) is 8.81. The summed E-state index contributed by atoms with van der Waals surface area (Å²) in [7, 11) is 1.55. The summed E-state index contributed by atoms with van der Waals surface area (Å²) < 4.78 is 5.44. The van der Waals surface area contributed by atoms with E-state index in [1.807, 2.05) is 25.1 Å². The second kappa shape index (κ2) is 6.75. The van der Waals surface area contributed by atoms with Gasteiger partial charge in [-0.25, -0.2) is 0 Å². The Balaban J connectivity index is 1.61. The molecule has 4 rings (SSSR count). The van der Waals surface area contributed by atoms with Crippen molar-refractivity contribution in [1.29, 1.82) is 0 Å². The topological polar surface area (TPSA) is 87.3 Å². The highest BCUT2D eigenvalue weighted by Gasteiger charge is 2.25. The van der Waals surface area contributed by atoms with Crippen LogP contribution < -0.4 is 15.0 Å². The maximum Gasteiger partial charge on any atom is 0.276 e. The summed E-state index contributed by atoms with van der Waals surface area (Å²) in [6, 6.07) is 11.1. The predicted octanol–water partition coefficient (Wildman–Crippen LogP) is 3.26. The van der Waals surface area contributed by atoms with Gasteiger partial charge in [-0.05, 0) is 37.6 Å². The predicted molar refractivity (Wildman–Crippen MR) is 103 cm³/mol. The van der Waals surface area contributed by atoms with Crippen LogP contribution in [-0.2, 0) is 4.79 Å². The van der Waals surface area contributed by atoms with Gasteiger partial charge < -0.3 is 15.0 Å². The molecule has 0 unspecified atom stereocenters. The van der Waals surface area contributed by atoms with Crippen molar-refractivity contribution in [2.24, 2.45) is 0 Å². The van der Waals surface area contributed by atoms with E-state index in [0.29, 0.717) is 30.1 Å². The van der Waals surface area contributed by atoms with E-state index in [-0.39, 0.29) is 11.8 Å². The van der Waals surface area contributed by atoms with Crippen molar-refractivity contribution in [1.82, 2.24) is 10.2 Å². The molecule has 2 amide bonds. The Kier molecular flexibility index (Phi) is 4.27. The second-order valence-electron chi connectivity index (χ2n) is 6.61. The van der Waals surface area contributed by atoms with E-state index in [0.717, 1.165) is 28.6 Å². The first-order chi connectivity index (χ1) is 13.1. The highest BCUT2D eigenvalue weighted by atomic mass is 16.5. The van der Waals surface area contributed by atoms with Gasteiger partial charge in [-0.2, -0.15) is 5.10 Å². The Hall–Kier alpha value is -3.35. The summed E-state index contributed by atoms with van der Waals surface area (Å²) in [5.41, 5.74) is 3.51. The number of H-pyrrole nitrogens is 1. The third-order valence-corrected chi connectivity index (χ3v) is 4.74. The fraction of sp³-hybridized carbons (Fsp3) is 0.250. The molecule has 2 N–H and O–H groups in total. The number of nitrogens with zero attached hydrogens (tertiary/aromatic N) is 2. The minimum Gasteiger partial charge on any atom is -0.494 e. The van der Waals surface area contributed by atoms with Crippen LogP contribution in [0.2, 0.25) is 0 Å². The number of aromatic amines is 1. The molecule has 0 radical (unpaired) electrons. The van der Waals surface area contributed by atoms with Gasteiger partial charge in [0.2, 0.25) is 5.91 Å². The molecule has 27 heavy (non-hydrogen) atoms. The molecule has 7 nitrogen and oxygen atoms in total. The second-order valence-corrected chi connectivity index (χ2v) is 6.61. The molecule has 1 aliphatic rings. The average Bonchev–Trinajstić information content (AvgIpc) is 3.27. The standard InChI is InChI=1S/C20H20N4O3/c1-12-5-7-15-14(10-12)19(23-22-15)20(26)21-13-6-8-16(17(11-13)27-2)24-9-3-4-18(24)25/h5-8,10-11H,3-4,9H2,1-2H3,(H,21,26)(H,22,23). The molecule has 1 aromatic heterocycles. The summed E-state index contributed by atoms with van der Waals surface area (Å²) in [6.07, 6.45) is 1.39. The highest BCUT2D eigenvalue weighted by Crippen LogP contribution is 2.34. The van der Waals surface area contributed by atoms with Crippen LogP contribution in [0.3, 0.4) is 0 Å². The van der Waals surface area contributed by atoms with Gasteiger partial charge >= 0.3 is 0 Å². The van der Waals surface area contributed by atoms with E-state index in [2.05, 4.69) is 15.5 Å². The third kappa shape index (κ3) is 3.12. The van der Waals surface area contributed by atoms with Gasteiger partial charge in [-0.1, -0.05) is 11.6 Å². The first kappa shape index (κ1) is 17.1. The summed E-state index contributed by atoms with van der Waals surface area (Å²) >= 11 is 0. The van der Waals surface area contributed by atoms with E-state index in [1.54, 1.807) is 30.2 Å². The lowest BCUT2D eigenvalue weighted by atomic mass is 10.1. The lowest BCUT2D eigenvalue weighted by Gasteiger charge is -2.19. The molecule has 1 fully saturated rings. The Labute approximate surface area is 156 Å². The average molecular weight is 364 g/mol. The summed E-state index contributed by atoms with van der Waals surface area (Å²) in [5, 5.41) is 10.7. The zero-order valence-corrected chi connectivity index (χ0v) is 15.2. The number of carbonyl (C=O) groups excluding carboxylic acids is 2. The number of methoxy groups -OCH3 is 1. The number of aromatic nitrogens is 2. The monoisotopic (exact) mass is 364 g/mol. The number of benzene rings is 2. The van der Waals surface area contributed by atoms with Crippen molar-refractivity contribution in [3.8, 4) is 5.75 Å². The smallest absolute Gasteiger partial charge is 0.276 e. The van der Waals surface area contributed by atoms with Crippen LogP contribution in [0.4, 0.5) is 11.4 Å². The molecule has 0 aliphatic carbocycles. The van der Waals surface area contributed by atoms with E-state index < -0.39 is 0 Å². The fourth-order valence-electron chi connectivity index (χ4n) is 3.37. The number of hydrogen-bond donors (Lipinski definition) is 2. The number of ether oxygens (including phenoxy) is 1. The van der Waals surface area contributed by atoms with Gasteiger partial charge in [0, 0.05) is 30.1 Å². The molecule has 0 atom stereocenters. The van der Waals surface area contributed by atoms with Crippen LogP contribution in [-0.4, -0.2) is 35.7 Å². The van der Waals surface area contributed by atoms with Crippen molar-refractivity contribution in [3.05, 3.63) is 47.7 Å². The van der Waals surface area contributed by atoms with Crippen molar-refractivity contribution in [3.63, 3.8) is 0 Å². The van der Waals surface area contributed by atoms with Crippen LogP contribution in [0.1, 0.15) is 28.9 Å². The van der Waals surface area contributed by atoms with Crippen molar-refractivity contribution < 1.29 is 14.3 Å². The van der Waals surface area contributed by atoms with Gasteiger partial charge in [0.1, 0.15) is 5.75 Å².